The predicted octanol–water partition coefficient (Wildman–Crippen LogP) is 2.63. The van der Waals surface area contributed by atoms with Crippen LogP contribution in [-0.2, 0) is 4.79 Å². The number of hydrazine groups is 1. The molecule has 0 bridgehead atoms. The molecule has 120 valence electrons. The summed E-state index contributed by atoms with van der Waals surface area (Å²) in [5.74, 6) is -0.476. The maximum Gasteiger partial charge on any atom is 0.252 e. The van der Waals surface area contributed by atoms with Crippen molar-refractivity contribution in [1.29, 1.82) is 0 Å². The lowest BCUT2D eigenvalue weighted by molar-refractivity contribution is -0.121. The zero-order valence-electron chi connectivity index (χ0n) is 12.8. The third kappa shape index (κ3) is 5.00. The van der Waals surface area contributed by atoms with Crippen molar-refractivity contribution in [1.82, 2.24) is 10.7 Å². The van der Waals surface area contributed by atoms with Crippen LogP contribution in [-0.4, -0.2) is 25.4 Å². The van der Waals surface area contributed by atoms with Crippen LogP contribution in [0.1, 0.15) is 16.8 Å². The fourth-order valence-corrected chi connectivity index (χ4v) is 2.21. The van der Waals surface area contributed by atoms with Crippen molar-refractivity contribution in [3.8, 4) is 0 Å². The average molecular weight is 332 g/mol. The molecule has 0 fully saturated rings. The molecule has 0 saturated heterocycles. The number of nitrogens with zero attached hydrogens (tertiary/aromatic N) is 1. The molecule has 2 aromatic rings. The number of carbonyl (C=O) groups excluding carboxylic acids is 2. The molecular weight excluding hydrogens is 314 g/mol. The molecule has 2 rings (SSSR count). The van der Waals surface area contributed by atoms with Gasteiger partial charge >= 0.3 is 0 Å². The van der Waals surface area contributed by atoms with Crippen LogP contribution in [0.5, 0.6) is 0 Å². The van der Waals surface area contributed by atoms with Crippen LogP contribution in [0.15, 0.2) is 54.6 Å². The Kier molecular flexibility index (Phi) is 6.00. The monoisotopic (exact) mass is 331 g/mol. The number of benzene rings is 2. The van der Waals surface area contributed by atoms with Crippen LogP contribution in [0.4, 0.5) is 5.69 Å². The van der Waals surface area contributed by atoms with Gasteiger partial charge in [0.2, 0.25) is 5.91 Å². The van der Waals surface area contributed by atoms with Crippen molar-refractivity contribution < 1.29 is 9.59 Å². The summed E-state index contributed by atoms with van der Waals surface area (Å²) in [6.07, 6.45) is 0.174. The van der Waals surface area contributed by atoms with E-state index in [0.29, 0.717) is 10.6 Å². The van der Waals surface area contributed by atoms with Crippen molar-refractivity contribution in [2.75, 3.05) is 18.6 Å². The first-order valence-electron chi connectivity index (χ1n) is 7.19. The first-order valence-corrected chi connectivity index (χ1v) is 7.56. The summed E-state index contributed by atoms with van der Waals surface area (Å²) in [5.41, 5.74) is 4.01. The maximum atomic E-state index is 12.0. The Morgan fingerprint density at radius 1 is 1.04 bits per heavy atom. The fourth-order valence-electron chi connectivity index (χ4n) is 1.99. The van der Waals surface area contributed by atoms with Crippen molar-refractivity contribution in [3.63, 3.8) is 0 Å². The van der Waals surface area contributed by atoms with Gasteiger partial charge in [-0.25, -0.2) is 0 Å². The number of hydrogen-bond acceptors (Lipinski definition) is 3. The highest BCUT2D eigenvalue weighted by Gasteiger charge is 2.10. The lowest BCUT2D eigenvalue weighted by atomic mass is 10.2. The molecule has 2 N–H and O–H groups in total. The van der Waals surface area contributed by atoms with E-state index in [-0.39, 0.29) is 24.8 Å². The highest BCUT2D eigenvalue weighted by Crippen LogP contribution is 2.14. The summed E-state index contributed by atoms with van der Waals surface area (Å²) in [6, 6.07) is 16.2. The van der Waals surface area contributed by atoms with E-state index in [4.69, 9.17) is 11.6 Å². The zero-order chi connectivity index (χ0) is 16.7. The van der Waals surface area contributed by atoms with Gasteiger partial charge in [-0.05, 0) is 24.3 Å². The molecule has 0 aliphatic rings. The van der Waals surface area contributed by atoms with E-state index < -0.39 is 0 Å². The molecule has 0 radical (unpaired) electrons. The summed E-state index contributed by atoms with van der Waals surface area (Å²) in [7, 11) is 1.76. The van der Waals surface area contributed by atoms with Gasteiger partial charge in [-0.3, -0.25) is 20.0 Å². The maximum absolute atomic E-state index is 12.0. The van der Waals surface area contributed by atoms with Crippen molar-refractivity contribution in [2.24, 2.45) is 0 Å². The van der Waals surface area contributed by atoms with Gasteiger partial charge in [-0.15, -0.1) is 0 Å². The second-order valence-electron chi connectivity index (χ2n) is 4.92. The lowest BCUT2D eigenvalue weighted by Crippen LogP contribution is -2.40. The van der Waals surface area contributed by atoms with Crippen LogP contribution >= 0.6 is 11.6 Å². The van der Waals surface area contributed by atoms with Crippen LogP contribution < -0.4 is 15.8 Å². The molecule has 2 amide bonds. The number of rotatable bonds is 6. The Balaban J connectivity index is 1.77. The highest BCUT2D eigenvalue weighted by atomic mass is 35.5. The van der Waals surface area contributed by atoms with E-state index in [0.717, 1.165) is 5.69 Å². The first-order chi connectivity index (χ1) is 11.1. The molecular formula is C17H18ClN3O2. The average Bonchev–Trinajstić information content (AvgIpc) is 2.56. The van der Waals surface area contributed by atoms with Gasteiger partial charge in [0.05, 0.1) is 16.3 Å². The quantitative estimate of drug-likeness (QED) is 0.800. The van der Waals surface area contributed by atoms with Crippen molar-refractivity contribution >= 4 is 29.1 Å². The minimum atomic E-state index is -0.292. The Morgan fingerprint density at radius 3 is 2.39 bits per heavy atom. The number of hydrogen-bond donors (Lipinski definition) is 2. The van der Waals surface area contributed by atoms with E-state index in [9.17, 15) is 9.59 Å². The number of carbonyl (C=O) groups is 2. The predicted molar refractivity (Wildman–Crippen MR) is 91.4 cm³/mol. The van der Waals surface area contributed by atoms with E-state index in [2.05, 4.69) is 10.7 Å². The molecule has 0 unspecified atom stereocenters. The van der Waals surface area contributed by atoms with Gasteiger partial charge in [0.25, 0.3) is 5.91 Å². The number of anilines is 1. The largest absolute Gasteiger partial charge is 0.351 e. The third-order valence-corrected chi connectivity index (χ3v) is 3.52. The minimum absolute atomic E-state index is 0.174. The second-order valence-corrected chi connectivity index (χ2v) is 5.32. The molecule has 0 heterocycles. The molecule has 0 saturated carbocycles. The Bertz CT molecular complexity index is 677. The molecule has 23 heavy (non-hydrogen) atoms. The molecule has 6 heteroatoms. The van der Waals surface area contributed by atoms with E-state index >= 15 is 0 Å². The zero-order valence-corrected chi connectivity index (χ0v) is 13.5. The summed E-state index contributed by atoms with van der Waals surface area (Å²) in [4.78, 5) is 23.8. The molecule has 0 aliphatic heterocycles. The molecule has 5 nitrogen and oxygen atoms in total. The summed E-state index contributed by atoms with van der Waals surface area (Å²) in [5, 5.41) is 4.71. The Hall–Kier alpha value is -2.53. The normalized spacial score (nSPS) is 10.0. The topological polar surface area (TPSA) is 61.4 Å². The summed E-state index contributed by atoms with van der Waals surface area (Å²) < 4.78 is 0. The number of nitrogens with one attached hydrogen (secondary N) is 2. The highest BCUT2D eigenvalue weighted by molar-refractivity contribution is 6.33. The molecule has 0 aromatic heterocycles. The van der Waals surface area contributed by atoms with Crippen molar-refractivity contribution in [3.05, 3.63) is 65.2 Å². The standard InChI is InChI=1S/C17H18ClN3O2/c1-21(13-7-3-2-4-8-13)20-16(22)11-12-19-17(23)14-9-5-6-10-15(14)18/h2-10H,11-12H2,1H3,(H,19,23)(H,20,22). The first kappa shape index (κ1) is 16.8. The summed E-state index contributed by atoms with van der Waals surface area (Å²) >= 11 is 5.95. The van der Waals surface area contributed by atoms with E-state index in [1.165, 1.54) is 0 Å². The Morgan fingerprint density at radius 2 is 1.70 bits per heavy atom. The second kappa shape index (κ2) is 8.19. The van der Waals surface area contributed by atoms with Crippen LogP contribution in [0, 0.1) is 0 Å². The van der Waals surface area contributed by atoms with Gasteiger partial charge in [-0.2, -0.15) is 0 Å². The van der Waals surface area contributed by atoms with Gasteiger partial charge < -0.3 is 5.32 Å². The van der Waals surface area contributed by atoms with Crippen molar-refractivity contribution in [2.45, 2.75) is 6.42 Å². The molecule has 0 atom stereocenters. The minimum Gasteiger partial charge on any atom is -0.351 e. The lowest BCUT2D eigenvalue weighted by Gasteiger charge is -2.20. The SMILES string of the molecule is CN(NC(=O)CCNC(=O)c1ccccc1Cl)c1ccccc1. The Labute approximate surface area is 140 Å². The van der Waals surface area contributed by atoms with Crippen LogP contribution in [0.2, 0.25) is 5.02 Å². The van der Waals surface area contributed by atoms with E-state index in [1.807, 2.05) is 30.3 Å². The number of halogens is 1. The van der Waals surface area contributed by atoms with Crippen LogP contribution in [0.25, 0.3) is 0 Å². The van der Waals surface area contributed by atoms with Gasteiger partial charge in [0.15, 0.2) is 0 Å². The molecule has 2 aromatic carbocycles. The third-order valence-electron chi connectivity index (χ3n) is 3.19. The smallest absolute Gasteiger partial charge is 0.252 e. The van der Waals surface area contributed by atoms with Crippen LogP contribution in [0.3, 0.4) is 0 Å². The van der Waals surface area contributed by atoms with Gasteiger partial charge in [0, 0.05) is 20.0 Å². The summed E-state index contributed by atoms with van der Waals surface area (Å²) in [6.45, 7) is 0.235. The van der Waals surface area contributed by atoms with E-state index in [1.54, 1.807) is 36.3 Å². The fraction of sp³-hybridized carbons (Fsp3) is 0.176. The number of para-hydroxylation sites is 1. The number of amides is 2. The van der Waals surface area contributed by atoms with Gasteiger partial charge in [-0.1, -0.05) is 41.9 Å². The molecule has 0 spiro atoms. The molecule has 0 aliphatic carbocycles. The van der Waals surface area contributed by atoms with Gasteiger partial charge in [0.1, 0.15) is 0 Å².